The number of aromatic nitrogens is 2. The van der Waals surface area contributed by atoms with E-state index in [2.05, 4.69) is 5.10 Å². The number of nitrogens with zero attached hydrogens (tertiary/aromatic N) is 3. The molecule has 1 aromatic carbocycles. The molecule has 1 saturated heterocycles. The monoisotopic (exact) mass is 607 g/mol. The first kappa shape index (κ1) is 29.7. The van der Waals surface area contributed by atoms with Crippen LogP contribution >= 0.6 is 0 Å². The Bertz CT molecular complexity index is 1470. The summed E-state index contributed by atoms with van der Waals surface area (Å²) in [7, 11) is -4.11. The number of halogens is 9. The number of aliphatic carboxylic acids is 1. The fourth-order valence-electron chi connectivity index (χ4n) is 4.71. The quantitative estimate of drug-likeness (QED) is 0.508. The topological polar surface area (TPSA) is 110 Å². The van der Waals surface area contributed by atoms with Crippen molar-refractivity contribution in [1.82, 2.24) is 14.7 Å². The highest BCUT2D eigenvalue weighted by atomic mass is 32.2. The van der Waals surface area contributed by atoms with Crippen molar-refractivity contribution in [3.63, 3.8) is 0 Å². The molecule has 1 amide bonds. The third kappa shape index (κ3) is 4.89. The van der Waals surface area contributed by atoms with Gasteiger partial charge in [0.1, 0.15) is 11.5 Å². The largest absolute Gasteiger partial charge is 0.480 e. The van der Waals surface area contributed by atoms with Gasteiger partial charge in [0.15, 0.2) is 15.5 Å². The number of aryl methyl sites for hydroxylation is 1. The van der Waals surface area contributed by atoms with Crippen molar-refractivity contribution in [2.45, 2.75) is 54.0 Å². The minimum Gasteiger partial charge on any atom is -0.480 e. The third-order valence-electron chi connectivity index (χ3n) is 7.01. The molecule has 1 aliphatic carbocycles. The summed E-state index contributed by atoms with van der Waals surface area (Å²) < 4.78 is 149. The van der Waals surface area contributed by atoms with Crippen LogP contribution in [0.15, 0.2) is 29.2 Å². The predicted octanol–water partition coefficient (Wildman–Crippen LogP) is 4.30. The zero-order valence-electron chi connectivity index (χ0n) is 20.0. The predicted molar refractivity (Wildman–Crippen MR) is 115 cm³/mol. The molecule has 40 heavy (non-hydrogen) atoms. The van der Waals surface area contributed by atoms with Crippen molar-refractivity contribution >= 4 is 21.7 Å². The Morgan fingerprint density at radius 2 is 1.60 bits per heavy atom. The fraction of sp³-hybridized carbons (Fsp3) is 0.500. The summed E-state index contributed by atoms with van der Waals surface area (Å²) in [5.41, 5.74) is -7.03. The first-order valence-corrected chi connectivity index (χ1v) is 12.8. The lowest BCUT2D eigenvalue weighted by Gasteiger charge is -2.28. The van der Waals surface area contributed by atoms with Gasteiger partial charge in [-0.05, 0) is 37.5 Å². The Balaban J connectivity index is 1.75. The second-order valence-corrected chi connectivity index (χ2v) is 11.7. The number of rotatable bonds is 5. The van der Waals surface area contributed by atoms with Crippen molar-refractivity contribution in [2.75, 3.05) is 6.54 Å². The molecule has 220 valence electrons. The Hall–Kier alpha value is -3.31. The van der Waals surface area contributed by atoms with E-state index in [0.717, 1.165) is 13.1 Å². The number of alkyl halides is 9. The van der Waals surface area contributed by atoms with Gasteiger partial charge < -0.3 is 10.0 Å². The minimum absolute atomic E-state index is 0.223. The van der Waals surface area contributed by atoms with Gasteiger partial charge >= 0.3 is 24.5 Å². The van der Waals surface area contributed by atoms with Crippen LogP contribution < -0.4 is 0 Å². The molecule has 2 fully saturated rings. The Morgan fingerprint density at radius 3 is 2.05 bits per heavy atom. The Morgan fingerprint density at radius 1 is 1.00 bits per heavy atom. The van der Waals surface area contributed by atoms with E-state index in [1.807, 2.05) is 0 Å². The lowest BCUT2D eigenvalue weighted by Crippen LogP contribution is -2.48. The zero-order valence-corrected chi connectivity index (χ0v) is 20.8. The normalized spacial score (nSPS) is 21.5. The highest BCUT2D eigenvalue weighted by molar-refractivity contribution is 7.92. The van der Waals surface area contributed by atoms with Crippen LogP contribution in [0.3, 0.4) is 0 Å². The maximum absolute atomic E-state index is 14.0. The molecule has 1 aliphatic heterocycles. The van der Waals surface area contributed by atoms with E-state index >= 15 is 0 Å². The smallest absolute Gasteiger partial charge is 0.435 e. The standard InChI is InChI=1S/C22H18F9N3O5S/c1-33-13(8-16(32-33)21(26,27)28)10-2-3-15(12(6-10)20(23,24)25)40(38,39)11-7-14(17(35)36)34(9-11)18(37)19(4-5-19)22(29,30)31/h2-3,6,8,11,14H,4-5,7,9H2,1H3,(H,35,36)/t11-,14+/m1/s1. The number of hydrogen-bond acceptors (Lipinski definition) is 5. The van der Waals surface area contributed by atoms with Crippen molar-refractivity contribution in [3.8, 4) is 11.3 Å². The summed E-state index contributed by atoms with van der Waals surface area (Å²) in [5, 5.41) is 10.7. The second kappa shape index (κ2) is 9.10. The van der Waals surface area contributed by atoms with E-state index in [1.165, 1.54) is 0 Å². The average molecular weight is 607 g/mol. The lowest BCUT2D eigenvalue weighted by atomic mass is 10.0. The van der Waals surface area contributed by atoms with Gasteiger partial charge in [-0.3, -0.25) is 9.48 Å². The van der Waals surface area contributed by atoms with Gasteiger partial charge in [0.2, 0.25) is 5.91 Å². The van der Waals surface area contributed by atoms with E-state index in [-0.39, 0.29) is 11.0 Å². The van der Waals surface area contributed by atoms with Crippen LogP contribution in [0, 0.1) is 5.41 Å². The van der Waals surface area contributed by atoms with Crippen LogP contribution in [0.2, 0.25) is 0 Å². The average Bonchev–Trinajstić information content (AvgIpc) is 3.35. The number of hydrogen-bond donors (Lipinski definition) is 1. The van der Waals surface area contributed by atoms with E-state index < -0.39 is 110 Å². The molecule has 2 aliphatic rings. The highest BCUT2D eigenvalue weighted by Crippen LogP contribution is 2.59. The van der Waals surface area contributed by atoms with Gasteiger partial charge in [-0.2, -0.15) is 44.6 Å². The van der Waals surface area contributed by atoms with Crippen LogP contribution in [0.25, 0.3) is 11.3 Å². The molecule has 0 spiro atoms. The lowest BCUT2D eigenvalue weighted by molar-refractivity contribution is -0.199. The number of carbonyl (C=O) groups is 2. The molecular weight excluding hydrogens is 589 g/mol. The number of benzene rings is 1. The van der Waals surface area contributed by atoms with Crippen LogP contribution in [-0.2, 0) is 38.8 Å². The SMILES string of the molecule is Cn1nc(C(F)(F)F)cc1-c1ccc(S(=O)(=O)[C@@H]2C[C@@H](C(=O)O)N(C(=O)C3(C(F)(F)F)CC3)C2)c(C(F)(F)F)c1. The van der Waals surface area contributed by atoms with Crippen molar-refractivity contribution < 1.29 is 62.6 Å². The number of carbonyl (C=O) groups excluding carboxylic acids is 1. The second-order valence-electron chi connectivity index (χ2n) is 9.54. The summed E-state index contributed by atoms with van der Waals surface area (Å²) in [6, 6.07) is -0.0631. The molecule has 1 saturated carbocycles. The number of carboxylic acids is 1. The Labute approximate surface area is 219 Å². The molecule has 0 radical (unpaired) electrons. The summed E-state index contributed by atoms with van der Waals surface area (Å²) in [6.45, 7) is -1.11. The minimum atomic E-state index is -5.38. The molecule has 4 rings (SSSR count). The maximum atomic E-state index is 14.0. The zero-order chi connectivity index (χ0) is 30.2. The number of carboxylic acid groups (broad SMARTS) is 1. The molecule has 0 bridgehead atoms. The molecule has 1 aromatic heterocycles. The van der Waals surface area contributed by atoms with Crippen LogP contribution in [0.5, 0.6) is 0 Å². The van der Waals surface area contributed by atoms with Gasteiger partial charge in [0, 0.05) is 19.2 Å². The number of amides is 1. The first-order valence-electron chi connectivity index (χ1n) is 11.3. The van der Waals surface area contributed by atoms with Crippen molar-refractivity contribution in [2.24, 2.45) is 12.5 Å². The van der Waals surface area contributed by atoms with E-state index in [4.69, 9.17) is 0 Å². The van der Waals surface area contributed by atoms with E-state index in [1.54, 1.807) is 0 Å². The highest BCUT2D eigenvalue weighted by Gasteiger charge is 2.70. The molecule has 2 atom stereocenters. The summed E-state index contributed by atoms with van der Waals surface area (Å²) in [4.78, 5) is 23.3. The third-order valence-corrected chi connectivity index (χ3v) is 9.20. The first-order chi connectivity index (χ1) is 18.1. The molecule has 18 heteroatoms. The van der Waals surface area contributed by atoms with Crippen LogP contribution in [0.4, 0.5) is 39.5 Å². The van der Waals surface area contributed by atoms with Gasteiger partial charge in [-0.15, -0.1) is 0 Å². The van der Waals surface area contributed by atoms with Gasteiger partial charge in [-0.25, -0.2) is 13.2 Å². The molecule has 1 N–H and O–H groups in total. The summed E-state index contributed by atoms with van der Waals surface area (Å²) in [6.07, 6.45) is -17.6. The summed E-state index contributed by atoms with van der Waals surface area (Å²) in [5.74, 6) is -3.51. The van der Waals surface area contributed by atoms with Crippen LogP contribution in [-0.4, -0.2) is 64.1 Å². The van der Waals surface area contributed by atoms with E-state index in [9.17, 15) is 62.6 Å². The molecule has 8 nitrogen and oxygen atoms in total. The van der Waals surface area contributed by atoms with Crippen molar-refractivity contribution in [1.29, 1.82) is 0 Å². The summed E-state index contributed by atoms with van der Waals surface area (Å²) >= 11 is 0. The van der Waals surface area contributed by atoms with Gasteiger partial charge in [0.25, 0.3) is 0 Å². The molecule has 2 heterocycles. The Kier molecular flexibility index (Phi) is 6.75. The molecular formula is C22H18F9N3O5S. The van der Waals surface area contributed by atoms with E-state index in [0.29, 0.717) is 16.8 Å². The molecule has 2 aromatic rings. The van der Waals surface area contributed by atoms with Crippen LogP contribution in [0.1, 0.15) is 30.5 Å². The van der Waals surface area contributed by atoms with Gasteiger partial charge in [0.05, 0.1) is 21.4 Å². The molecule has 0 unspecified atom stereocenters. The maximum Gasteiger partial charge on any atom is 0.435 e. The number of sulfone groups is 1. The number of likely N-dealkylation sites (tertiary alicyclic amines) is 1. The fourth-order valence-corrected chi connectivity index (χ4v) is 6.60. The van der Waals surface area contributed by atoms with Gasteiger partial charge in [-0.1, -0.05) is 6.07 Å². The van der Waals surface area contributed by atoms with Crippen molar-refractivity contribution in [3.05, 3.63) is 35.5 Å².